The molecule has 0 aromatic rings. The number of aliphatic hydroxyl groups excluding tert-OH is 1. The van der Waals surface area contributed by atoms with E-state index in [0.29, 0.717) is 0 Å². The Morgan fingerprint density at radius 3 is 2.50 bits per heavy atom. The average molecular weight is 142 g/mol. The van der Waals surface area contributed by atoms with Crippen LogP contribution >= 0.6 is 0 Å². The van der Waals surface area contributed by atoms with Crippen LogP contribution < -0.4 is 0 Å². The Morgan fingerprint density at radius 1 is 1.70 bits per heavy atom. The third-order valence-corrected chi connectivity index (χ3v) is 1.41. The fourth-order valence-corrected chi connectivity index (χ4v) is 0.525. The number of ketones is 1. The summed E-state index contributed by atoms with van der Waals surface area (Å²) in [4.78, 5) is 10.6. The van der Waals surface area contributed by atoms with Crippen molar-refractivity contribution < 1.29 is 9.90 Å². The van der Waals surface area contributed by atoms with Crippen molar-refractivity contribution in [3.05, 3.63) is 12.7 Å². The molecule has 0 spiro atoms. The molecule has 0 radical (unpaired) electrons. The first-order chi connectivity index (χ1) is 4.57. The lowest BCUT2D eigenvalue weighted by Crippen LogP contribution is -2.17. The largest absolute Gasteiger partial charge is 0.392 e. The molecular weight excluding hydrogens is 128 g/mol. The molecule has 0 aliphatic rings. The molecule has 1 unspecified atom stereocenters. The lowest BCUT2D eigenvalue weighted by Gasteiger charge is -2.11. The maximum Gasteiger partial charge on any atom is 0.157 e. The number of carbonyl (C=O) groups excluding carboxylic acids is 1. The van der Waals surface area contributed by atoms with Crippen LogP contribution in [-0.2, 0) is 4.79 Å². The molecule has 0 bridgehead atoms. The van der Waals surface area contributed by atoms with Gasteiger partial charge >= 0.3 is 0 Å². The first kappa shape index (κ1) is 9.37. The van der Waals surface area contributed by atoms with Gasteiger partial charge in [0.1, 0.15) is 0 Å². The van der Waals surface area contributed by atoms with E-state index in [4.69, 9.17) is 5.11 Å². The summed E-state index contributed by atoms with van der Waals surface area (Å²) in [6.07, 6.45) is 0.915. The van der Waals surface area contributed by atoms with Gasteiger partial charge in [0, 0.05) is 6.42 Å². The van der Waals surface area contributed by atoms with E-state index >= 15 is 0 Å². The average Bonchev–Trinajstić information content (AvgIpc) is 1.87. The van der Waals surface area contributed by atoms with Crippen LogP contribution in [0.5, 0.6) is 0 Å². The molecule has 1 N–H and O–H groups in total. The molecule has 0 aliphatic carbocycles. The molecule has 0 aromatic carbocycles. The number of allylic oxidation sites excluding steroid dienone is 1. The number of aliphatic hydroxyl groups is 1. The van der Waals surface area contributed by atoms with Crippen LogP contribution in [0.2, 0.25) is 0 Å². The van der Waals surface area contributed by atoms with Gasteiger partial charge in [-0.3, -0.25) is 4.79 Å². The minimum absolute atomic E-state index is 0.0961. The predicted molar refractivity (Wildman–Crippen MR) is 40.7 cm³/mol. The van der Waals surface area contributed by atoms with Crippen molar-refractivity contribution in [2.24, 2.45) is 5.92 Å². The summed E-state index contributed by atoms with van der Waals surface area (Å²) in [6, 6.07) is 0. The van der Waals surface area contributed by atoms with Gasteiger partial charge in [-0.1, -0.05) is 20.4 Å². The molecule has 1 atom stereocenters. The van der Waals surface area contributed by atoms with Crippen LogP contribution in [0, 0.1) is 5.92 Å². The Hall–Kier alpha value is -0.630. The lowest BCUT2D eigenvalue weighted by atomic mass is 10.0. The number of rotatable bonds is 4. The highest BCUT2D eigenvalue weighted by Gasteiger charge is 2.11. The van der Waals surface area contributed by atoms with Crippen LogP contribution in [0.15, 0.2) is 12.7 Å². The van der Waals surface area contributed by atoms with E-state index in [1.165, 1.54) is 6.08 Å². The van der Waals surface area contributed by atoms with E-state index in [2.05, 4.69) is 6.58 Å². The van der Waals surface area contributed by atoms with Crippen molar-refractivity contribution >= 4 is 5.78 Å². The summed E-state index contributed by atoms with van der Waals surface area (Å²) in [5.74, 6) is 0.0464. The zero-order valence-corrected chi connectivity index (χ0v) is 6.50. The minimum atomic E-state index is -0.523. The molecule has 0 amide bonds. The van der Waals surface area contributed by atoms with Crippen molar-refractivity contribution in [1.82, 2.24) is 0 Å². The smallest absolute Gasteiger partial charge is 0.157 e. The second-order valence-electron chi connectivity index (χ2n) is 2.69. The monoisotopic (exact) mass is 142 g/mol. The summed E-state index contributed by atoms with van der Waals surface area (Å²) in [7, 11) is 0. The van der Waals surface area contributed by atoms with Gasteiger partial charge in [-0.15, -0.1) is 0 Å². The van der Waals surface area contributed by atoms with Gasteiger partial charge in [-0.25, -0.2) is 0 Å². The minimum Gasteiger partial charge on any atom is -0.392 e. The van der Waals surface area contributed by atoms with Gasteiger partial charge in [-0.05, 0) is 12.0 Å². The molecule has 10 heavy (non-hydrogen) atoms. The molecule has 58 valence electrons. The zero-order chi connectivity index (χ0) is 8.15. The molecule has 0 aromatic heterocycles. The summed E-state index contributed by atoms with van der Waals surface area (Å²) in [6.45, 7) is 7.06. The first-order valence-electron chi connectivity index (χ1n) is 3.41. The highest BCUT2D eigenvalue weighted by atomic mass is 16.3. The molecule has 0 aliphatic heterocycles. The topological polar surface area (TPSA) is 37.3 Å². The molecule has 2 nitrogen and oxygen atoms in total. The molecule has 0 rings (SSSR count). The van der Waals surface area contributed by atoms with Crippen molar-refractivity contribution in [3.63, 3.8) is 0 Å². The van der Waals surface area contributed by atoms with Gasteiger partial charge in [0.25, 0.3) is 0 Å². The molecule has 0 heterocycles. The van der Waals surface area contributed by atoms with Crippen LogP contribution in [-0.4, -0.2) is 17.0 Å². The molecular formula is C8H14O2. The van der Waals surface area contributed by atoms with E-state index in [-0.39, 0.29) is 18.1 Å². The molecule has 0 saturated carbocycles. The van der Waals surface area contributed by atoms with Crippen molar-refractivity contribution in [3.8, 4) is 0 Å². The van der Waals surface area contributed by atoms with E-state index < -0.39 is 6.10 Å². The van der Waals surface area contributed by atoms with Gasteiger partial charge in [0.15, 0.2) is 5.78 Å². The highest BCUT2D eigenvalue weighted by molar-refractivity contribution is 5.89. The number of hydrogen-bond acceptors (Lipinski definition) is 2. The fourth-order valence-electron chi connectivity index (χ4n) is 0.525. The van der Waals surface area contributed by atoms with Crippen molar-refractivity contribution in [2.45, 2.75) is 26.4 Å². The Kier molecular flexibility index (Phi) is 3.96. The first-order valence-corrected chi connectivity index (χ1v) is 3.41. The normalized spacial score (nSPS) is 13.2. The van der Waals surface area contributed by atoms with Gasteiger partial charge < -0.3 is 5.11 Å². The second-order valence-corrected chi connectivity index (χ2v) is 2.69. The molecule has 2 heteroatoms. The van der Waals surface area contributed by atoms with E-state index in [9.17, 15) is 4.79 Å². The van der Waals surface area contributed by atoms with Gasteiger partial charge in [0.2, 0.25) is 0 Å². The Labute approximate surface area is 61.6 Å². The quantitative estimate of drug-likeness (QED) is 0.598. The van der Waals surface area contributed by atoms with Crippen LogP contribution in [0.3, 0.4) is 0 Å². The van der Waals surface area contributed by atoms with E-state index in [0.717, 1.165) is 0 Å². The third kappa shape index (κ3) is 3.41. The summed E-state index contributed by atoms with van der Waals surface area (Å²) >= 11 is 0. The van der Waals surface area contributed by atoms with Crippen LogP contribution in [0.25, 0.3) is 0 Å². The predicted octanol–water partition coefficient (Wildman–Crippen LogP) is 1.15. The van der Waals surface area contributed by atoms with Crippen LogP contribution in [0.1, 0.15) is 20.3 Å². The van der Waals surface area contributed by atoms with Crippen LogP contribution in [0.4, 0.5) is 0 Å². The maximum atomic E-state index is 10.6. The Morgan fingerprint density at radius 2 is 2.20 bits per heavy atom. The third-order valence-electron chi connectivity index (χ3n) is 1.41. The van der Waals surface area contributed by atoms with Gasteiger partial charge in [0.05, 0.1) is 6.10 Å². The highest BCUT2D eigenvalue weighted by Crippen LogP contribution is 2.05. The maximum absolute atomic E-state index is 10.6. The Bertz CT molecular complexity index is 127. The lowest BCUT2D eigenvalue weighted by molar-refractivity contribution is -0.116. The summed E-state index contributed by atoms with van der Waals surface area (Å²) in [5.41, 5.74) is 0. The van der Waals surface area contributed by atoms with E-state index in [1.807, 2.05) is 13.8 Å². The van der Waals surface area contributed by atoms with Crippen molar-refractivity contribution in [1.29, 1.82) is 0 Å². The summed E-state index contributed by atoms with van der Waals surface area (Å²) in [5, 5.41) is 9.16. The Balaban J connectivity index is 3.67. The molecule has 0 saturated heterocycles. The fraction of sp³-hybridized carbons (Fsp3) is 0.625. The van der Waals surface area contributed by atoms with E-state index in [1.54, 1.807) is 0 Å². The van der Waals surface area contributed by atoms with Crippen molar-refractivity contribution in [2.75, 3.05) is 0 Å². The second kappa shape index (κ2) is 4.23. The zero-order valence-electron chi connectivity index (χ0n) is 6.50. The van der Waals surface area contributed by atoms with Gasteiger partial charge in [-0.2, -0.15) is 0 Å². The standard InChI is InChI=1S/C8H14O2/c1-4-7(9)5-8(10)6(2)3/h4,6,8,10H,1,5H2,2-3H3. The summed E-state index contributed by atoms with van der Waals surface area (Å²) < 4.78 is 0. The number of hydrogen-bond donors (Lipinski definition) is 1. The molecule has 0 fully saturated rings. The SMILES string of the molecule is C=CC(=O)CC(O)C(C)C. The number of carbonyl (C=O) groups is 1.